The second kappa shape index (κ2) is 15.0. The molecule has 2 aliphatic heterocycles. The summed E-state index contributed by atoms with van der Waals surface area (Å²) in [5.41, 5.74) is 3.75. The second-order valence-electron chi connectivity index (χ2n) is 11.3. The molecule has 4 rings (SSSR count). The van der Waals surface area contributed by atoms with Crippen LogP contribution in [0.15, 0.2) is 65.4 Å². The third kappa shape index (κ3) is 8.18. The quantitative estimate of drug-likeness (QED) is 0.268. The molecule has 2 aromatic rings. The number of terminal acetylenes is 1. The van der Waals surface area contributed by atoms with Crippen LogP contribution in [-0.2, 0) is 20.8 Å². The number of hydrogen-bond acceptors (Lipinski definition) is 7. The van der Waals surface area contributed by atoms with Gasteiger partial charge in [-0.05, 0) is 68.0 Å². The van der Waals surface area contributed by atoms with Gasteiger partial charge >= 0.3 is 12.0 Å². The van der Waals surface area contributed by atoms with E-state index in [0.717, 1.165) is 12.8 Å². The van der Waals surface area contributed by atoms with E-state index in [0.29, 0.717) is 65.0 Å². The van der Waals surface area contributed by atoms with Gasteiger partial charge in [-0.15, -0.1) is 6.42 Å². The predicted molar refractivity (Wildman–Crippen MR) is 175 cm³/mol. The number of nitrogens with zero attached hydrogens (tertiary/aromatic N) is 4. The van der Waals surface area contributed by atoms with Gasteiger partial charge in [-0.3, -0.25) is 24.4 Å². The van der Waals surface area contributed by atoms with E-state index in [1.54, 1.807) is 60.2 Å². The average molecular weight is 627 g/mol. The summed E-state index contributed by atoms with van der Waals surface area (Å²) in [4.78, 5) is 63.3. The lowest BCUT2D eigenvalue weighted by Crippen LogP contribution is -2.47. The monoisotopic (exact) mass is 626 g/mol. The number of carboxylic acids is 1. The molecule has 4 amide bonds. The van der Waals surface area contributed by atoms with Crippen LogP contribution in [0.3, 0.4) is 0 Å². The highest BCUT2D eigenvalue weighted by Crippen LogP contribution is 2.30. The van der Waals surface area contributed by atoms with E-state index in [2.05, 4.69) is 33.1 Å². The number of carbonyl (C=O) groups excluding carboxylic acids is 3. The molecule has 1 saturated heterocycles. The Morgan fingerprint density at radius 3 is 2.76 bits per heavy atom. The molecule has 1 fully saturated rings. The predicted octanol–water partition coefficient (Wildman–Crippen LogP) is 3.79. The number of carbonyl (C=O) groups is 4. The molecule has 2 unspecified atom stereocenters. The number of nitrogens with one attached hydrogen (secondary N) is 2. The van der Waals surface area contributed by atoms with Crippen molar-refractivity contribution in [3.8, 4) is 18.1 Å². The number of carboxylic acid groups (broad SMARTS) is 1. The van der Waals surface area contributed by atoms with Crippen LogP contribution in [-0.4, -0.2) is 77.3 Å². The lowest BCUT2D eigenvalue weighted by molar-refractivity contribution is -0.139. The number of hydrogen-bond donors (Lipinski definition) is 3. The zero-order valence-electron chi connectivity index (χ0n) is 26.2. The highest BCUT2D eigenvalue weighted by Gasteiger charge is 2.35. The van der Waals surface area contributed by atoms with Crippen molar-refractivity contribution in [2.24, 2.45) is 10.9 Å². The zero-order chi connectivity index (χ0) is 33.4. The molecule has 2 atom stereocenters. The van der Waals surface area contributed by atoms with Gasteiger partial charge in [0.1, 0.15) is 17.5 Å². The normalized spacial score (nSPS) is 18.0. The van der Waals surface area contributed by atoms with E-state index in [1.165, 1.54) is 13.2 Å². The van der Waals surface area contributed by atoms with E-state index in [4.69, 9.17) is 11.2 Å². The molecule has 3 heterocycles. The second-order valence-corrected chi connectivity index (χ2v) is 11.3. The zero-order valence-corrected chi connectivity index (χ0v) is 26.2. The number of aliphatic carboxylic acids is 1. The average Bonchev–Trinajstić information content (AvgIpc) is 3.11. The number of benzene rings is 1. The number of pyridine rings is 1. The maximum atomic E-state index is 13.6. The number of anilines is 2. The van der Waals surface area contributed by atoms with Crippen molar-refractivity contribution < 1.29 is 29.0 Å². The number of aromatic nitrogens is 1. The lowest BCUT2D eigenvalue weighted by atomic mass is 9.96. The van der Waals surface area contributed by atoms with E-state index in [9.17, 15) is 24.3 Å². The van der Waals surface area contributed by atoms with Gasteiger partial charge in [0.25, 0.3) is 5.91 Å². The molecule has 12 nitrogen and oxygen atoms in total. The minimum Gasteiger partial charge on any atom is -0.495 e. The van der Waals surface area contributed by atoms with Gasteiger partial charge in [0.15, 0.2) is 0 Å². The van der Waals surface area contributed by atoms with Gasteiger partial charge in [0.2, 0.25) is 5.91 Å². The summed E-state index contributed by atoms with van der Waals surface area (Å²) >= 11 is 0. The summed E-state index contributed by atoms with van der Waals surface area (Å²) in [6.45, 7) is 8.57. The SMILES string of the molecule is C#C/C=C(/NC(=O)Nc1ccc(CC(=O)N2CCCC(CN3C(=O)C(CC(=O)O)N=C(C)c4ncccc43)C2)cc1OC)C(=C)C. The maximum absolute atomic E-state index is 13.6. The molecule has 1 aromatic carbocycles. The molecule has 0 radical (unpaired) electrons. The standard InChI is InChI=1S/C34H38N6O6/c1-6-9-25(21(2)3)37-34(45)38-26-13-12-23(16-29(26)46-5)17-30(41)39-15-8-10-24(19-39)20-40-28-11-7-14-35-32(28)22(4)36-27(33(40)44)18-31(42)43/h1,7,9,11-14,16,24,27H,2,8,10,15,17-20H2,3-5H3,(H,42,43)(H2,37,38,45)/b25-9+. The molecular formula is C34H38N6O6. The van der Waals surface area contributed by atoms with Gasteiger partial charge in [-0.1, -0.05) is 18.6 Å². The van der Waals surface area contributed by atoms with E-state index >= 15 is 0 Å². The van der Waals surface area contributed by atoms with Crippen LogP contribution < -0.4 is 20.3 Å². The van der Waals surface area contributed by atoms with Crippen LogP contribution in [0.4, 0.5) is 16.2 Å². The molecule has 3 N–H and O–H groups in total. The molecule has 240 valence electrons. The molecule has 12 heteroatoms. The molecule has 0 aliphatic carbocycles. The van der Waals surface area contributed by atoms with E-state index < -0.39 is 30.4 Å². The number of ether oxygens (including phenoxy) is 1. The Labute approximate surface area is 268 Å². The third-order valence-corrected chi connectivity index (χ3v) is 7.81. The van der Waals surface area contributed by atoms with E-state index in [-0.39, 0.29) is 18.2 Å². The highest BCUT2D eigenvalue weighted by molar-refractivity contribution is 6.11. The minimum absolute atomic E-state index is 0.0363. The number of piperidine rings is 1. The number of amides is 4. The molecule has 0 bridgehead atoms. The van der Waals surface area contributed by atoms with Crippen molar-refractivity contribution in [3.05, 3.63) is 71.7 Å². The van der Waals surface area contributed by atoms with Crippen molar-refractivity contribution >= 4 is 40.9 Å². The Kier molecular flexibility index (Phi) is 10.9. The fourth-order valence-corrected chi connectivity index (χ4v) is 5.59. The largest absolute Gasteiger partial charge is 0.495 e. The first-order valence-electron chi connectivity index (χ1n) is 14.9. The molecule has 46 heavy (non-hydrogen) atoms. The molecular weight excluding hydrogens is 588 g/mol. The first-order valence-corrected chi connectivity index (χ1v) is 14.9. The van der Waals surface area contributed by atoms with Crippen LogP contribution >= 0.6 is 0 Å². The van der Waals surface area contributed by atoms with Crippen LogP contribution in [0.1, 0.15) is 44.4 Å². The van der Waals surface area contributed by atoms with Crippen molar-refractivity contribution in [1.82, 2.24) is 15.2 Å². The van der Waals surface area contributed by atoms with Gasteiger partial charge in [0.05, 0.1) is 42.7 Å². The Bertz CT molecular complexity index is 1640. The highest BCUT2D eigenvalue weighted by atomic mass is 16.5. The first kappa shape index (κ1) is 33.5. The summed E-state index contributed by atoms with van der Waals surface area (Å²) in [5.74, 6) is 1.13. The van der Waals surface area contributed by atoms with Gasteiger partial charge in [-0.2, -0.15) is 0 Å². The Morgan fingerprint density at radius 1 is 1.28 bits per heavy atom. The van der Waals surface area contributed by atoms with E-state index in [1.807, 2.05) is 0 Å². The summed E-state index contributed by atoms with van der Waals surface area (Å²) in [6.07, 6.45) is 9.60. The lowest BCUT2D eigenvalue weighted by Gasteiger charge is -2.36. The van der Waals surface area contributed by atoms with Gasteiger partial charge in [0, 0.05) is 31.9 Å². The fraction of sp³-hybridized carbons (Fsp3) is 0.353. The summed E-state index contributed by atoms with van der Waals surface area (Å²) in [5, 5.41) is 14.8. The van der Waals surface area contributed by atoms with Crippen molar-refractivity contribution in [1.29, 1.82) is 0 Å². The Hall–Kier alpha value is -5.44. The number of rotatable bonds is 10. The van der Waals surface area contributed by atoms with Gasteiger partial charge in [-0.25, -0.2) is 4.79 Å². The molecule has 1 aromatic heterocycles. The number of aliphatic imine (C=N–C) groups is 1. The summed E-state index contributed by atoms with van der Waals surface area (Å²) in [7, 11) is 1.47. The minimum atomic E-state index is -1.11. The molecule has 0 saturated carbocycles. The summed E-state index contributed by atoms with van der Waals surface area (Å²) in [6, 6.07) is 7.06. The van der Waals surface area contributed by atoms with Crippen LogP contribution in [0.5, 0.6) is 5.75 Å². The number of allylic oxidation sites excluding steroid dienone is 2. The smallest absolute Gasteiger partial charge is 0.323 e. The number of methoxy groups -OCH3 is 1. The number of urea groups is 1. The van der Waals surface area contributed by atoms with Crippen molar-refractivity contribution in [2.75, 3.05) is 37.0 Å². The summed E-state index contributed by atoms with van der Waals surface area (Å²) < 4.78 is 5.48. The van der Waals surface area contributed by atoms with Crippen LogP contribution in [0, 0.1) is 18.3 Å². The Morgan fingerprint density at radius 2 is 2.07 bits per heavy atom. The topological polar surface area (TPSA) is 154 Å². The number of likely N-dealkylation sites (tertiary alicyclic amines) is 1. The third-order valence-electron chi connectivity index (χ3n) is 7.81. The fourth-order valence-electron chi connectivity index (χ4n) is 5.59. The number of fused-ring (bicyclic) bond motifs is 1. The van der Waals surface area contributed by atoms with Crippen LogP contribution in [0.2, 0.25) is 0 Å². The molecule has 0 spiro atoms. The van der Waals surface area contributed by atoms with Crippen LogP contribution in [0.25, 0.3) is 0 Å². The molecule has 2 aliphatic rings. The van der Waals surface area contributed by atoms with Crippen molar-refractivity contribution in [2.45, 2.75) is 45.6 Å². The maximum Gasteiger partial charge on any atom is 0.323 e. The van der Waals surface area contributed by atoms with Crippen molar-refractivity contribution in [3.63, 3.8) is 0 Å². The Balaban J connectivity index is 1.43. The van der Waals surface area contributed by atoms with Gasteiger partial charge < -0.3 is 30.3 Å². The first-order chi connectivity index (χ1) is 22.0.